The van der Waals surface area contributed by atoms with Gasteiger partial charge in [0.15, 0.2) is 0 Å². The molecule has 52 heavy (non-hydrogen) atoms. The molecule has 7 rings (SSSR count). The van der Waals surface area contributed by atoms with E-state index in [-0.39, 0.29) is 0 Å². The fourth-order valence-electron chi connectivity index (χ4n) is 7.29. The number of anilines is 6. The second-order valence-corrected chi connectivity index (χ2v) is 13.4. The van der Waals surface area contributed by atoms with Gasteiger partial charge < -0.3 is 9.80 Å². The normalized spacial score (nSPS) is 10.9. The molecular weight excluding hydrogens is 629 g/mol. The largest absolute Gasteiger partial charge is 0.309 e. The number of hydrogen-bond donors (Lipinski definition) is 0. The van der Waals surface area contributed by atoms with Gasteiger partial charge in [-0.25, -0.2) is 0 Å². The topological polar surface area (TPSA) is 6.48 Å². The van der Waals surface area contributed by atoms with Crippen LogP contribution in [-0.2, 0) is 12.8 Å². The average Bonchev–Trinajstić information content (AvgIpc) is 3.22. The Morgan fingerprint density at radius 1 is 0.327 bits per heavy atom. The van der Waals surface area contributed by atoms with Crippen molar-refractivity contribution in [2.45, 2.75) is 79.1 Å². The summed E-state index contributed by atoms with van der Waals surface area (Å²) in [7, 11) is 0. The highest BCUT2D eigenvalue weighted by molar-refractivity contribution is 6.23. The Bertz CT molecular complexity index is 2060. The van der Waals surface area contributed by atoms with Crippen LogP contribution in [0.1, 0.15) is 77.3 Å². The third-order valence-corrected chi connectivity index (χ3v) is 9.88. The van der Waals surface area contributed by atoms with Crippen molar-refractivity contribution in [2.75, 3.05) is 9.80 Å². The zero-order chi connectivity index (χ0) is 36.1. The minimum atomic E-state index is 1.11. The van der Waals surface area contributed by atoms with Crippen molar-refractivity contribution in [1.29, 1.82) is 0 Å². The first-order valence-corrected chi connectivity index (χ1v) is 19.6. The summed E-state index contributed by atoms with van der Waals surface area (Å²) in [6, 6.07) is 58.1. The van der Waals surface area contributed by atoms with E-state index in [1.807, 2.05) is 13.8 Å². The quantitative estimate of drug-likeness (QED) is 0.0640. The molecule has 0 aromatic heterocycles. The molecule has 0 saturated heterocycles. The van der Waals surface area contributed by atoms with Crippen molar-refractivity contribution in [3.05, 3.63) is 169 Å². The third-order valence-electron chi connectivity index (χ3n) is 9.88. The number of nitrogens with zero attached hydrogens (tertiary/aromatic N) is 2. The summed E-state index contributed by atoms with van der Waals surface area (Å²) in [5.74, 6) is 0. The number of fused-ring (bicyclic) bond motifs is 2. The standard InChI is InChI=1S/C48H48N2.C2H6/c1-3-5-7-10-20-38-31-35-42(36-32-38)50(40-23-13-9-14-24-40)48-45-27-17-15-25-43(45)47(44-26-16-18-28-46(44)48)49(39-21-11-8-12-22-39)41-33-29-37(30-34-41)19-6-4-2;1-2/h8-9,11-18,21-36H,3-7,10,19-20H2,1-2H3;1-2H3. The molecule has 0 aliphatic heterocycles. The van der Waals surface area contributed by atoms with Crippen molar-refractivity contribution in [3.63, 3.8) is 0 Å². The maximum absolute atomic E-state index is 2.46. The van der Waals surface area contributed by atoms with Gasteiger partial charge in [0.05, 0.1) is 11.4 Å². The molecule has 0 bridgehead atoms. The number of unbranched alkanes of at least 4 members (excludes halogenated alkanes) is 4. The van der Waals surface area contributed by atoms with Crippen LogP contribution in [0.5, 0.6) is 0 Å². The fourth-order valence-corrected chi connectivity index (χ4v) is 7.29. The van der Waals surface area contributed by atoms with Crippen molar-refractivity contribution < 1.29 is 0 Å². The van der Waals surface area contributed by atoms with Crippen molar-refractivity contribution in [2.24, 2.45) is 0 Å². The van der Waals surface area contributed by atoms with Gasteiger partial charge in [-0.1, -0.05) is 163 Å². The maximum atomic E-state index is 2.46. The third kappa shape index (κ3) is 8.08. The molecule has 2 heteroatoms. The van der Waals surface area contributed by atoms with E-state index in [1.54, 1.807) is 0 Å². The monoisotopic (exact) mass is 682 g/mol. The smallest absolute Gasteiger partial charge is 0.0619 e. The van der Waals surface area contributed by atoms with Crippen LogP contribution in [0.2, 0.25) is 0 Å². The highest BCUT2D eigenvalue weighted by atomic mass is 15.2. The Hall–Kier alpha value is -5.34. The van der Waals surface area contributed by atoms with E-state index in [4.69, 9.17) is 0 Å². The van der Waals surface area contributed by atoms with Crippen LogP contribution in [0, 0.1) is 0 Å². The van der Waals surface area contributed by atoms with Gasteiger partial charge in [-0.15, -0.1) is 0 Å². The summed E-state index contributed by atoms with van der Waals surface area (Å²) < 4.78 is 0. The number of benzene rings is 7. The summed E-state index contributed by atoms with van der Waals surface area (Å²) in [6.45, 7) is 8.53. The Morgan fingerprint density at radius 3 is 1.02 bits per heavy atom. The Labute approximate surface area is 312 Å². The molecule has 2 nitrogen and oxygen atoms in total. The molecule has 0 atom stereocenters. The van der Waals surface area contributed by atoms with Crippen LogP contribution >= 0.6 is 0 Å². The van der Waals surface area contributed by atoms with E-state index in [9.17, 15) is 0 Å². The molecule has 264 valence electrons. The molecule has 0 radical (unpaired) electrons. The summed E-state index contributed by atoms with van der Waals surface area (Å²) >= 11 is 0. The zero-order valence-corrected chi connectivity index (χ0v) is 31.6. The molecule has 0 fully saturated rings. The predicted octanol–water partition coefficient (Wildman–Crippen LogP) is 15.4. The van der Waals surface area contributed by atoms with Gasteiger partial charge in [0.25, 0.3) is 0 Å². The van der Waals surface area contributed by atoms with Crippen molar-refractivity contribution >= 4 is 55.7 Å². The van der Waals surface area contributed by atoms with Gasteiger partial charge in [0, 0.05) is 44.3 Å². The predicted molar refractivity (Wildman–Crippen MR) is 229 cm³/mol. The van der Waals surface area contributed by atoms with Gasteiger partial charge in [-0.2, -0.15) is 0 Å². The highest BCUT2D eigenvalue weighted by Crippen LogP contribution is 2.50. The summed E-state index contributed by atoms with van der Waals surface area (Å²) in [6.07, 6.45) is 9.75. The van der Waals surface area contributed by atoms with E-state index in [0.717, 1.165) is 29.9 Å². The molecule has 7 aromatic rings. The minimum Gasteiger partial charge on any atom is -0.309 e. The van der Waals surface area contributed by atoms with Crippen LogP contribution in [0.3, 0.4) is 0 Å². The van der Waals surface area contributed by atoms with Gasteiger partial charge in [-0.3, -0.25) is 0 Å². The molecule has 0 saturated carbocycles. The van der Waals surface area contributed by atoms with E-state index in [2.05, 4.69) is 181 Å². The minimum absolute atomic E-state index is 1.11. The number of para-hydroxylation sites is 2. The lowest BCUT2D eigenvalue weighted by molar-refractivity contribution is 0.667. The molecule has 0 amide bonds. The number of rotatable bonds is 14. The second-order valence-electron chi connectivity index (χ2n) is 13.4. The van der Waals surface area contributed by atoms with Gasteiger partial charge in [0.1, 0.15) is 0 Å². The summed E-state index contributed by atoms with van der Waals surface area (Å²) in [5.41, 5.74) is 9.81. The van der Waals surface area contributed by atoms with Crippen LogP contribution in [0.15, 0.2) is 158 Å². The Balaban J connectivity index is 0.00000228. The second kappa shape index (κ2) is 18.2. The van der Waals surface area contributed by atoms with E-state index < -0.39 is 0 Å². The van der Waals surface area contributed by atoms with Crippen LogP contribution in [0.25, 0.3) is 21.5 Å². The molecular formula is C50H54N2. The van der Waals surface area contributed by atoms with Crippen LogP contribution in [-0.4, -0.2) is 0 Å². The lowest BCUT2D eigenvalue weighted by Gasteiger charge is -2.33. The van der Waals surface area contributed by atoms with Crippen LogP contribution < -0.4 is 9.80 Å². The summed E-state index contributed by atoms with van der Waals surface area (Å²) in [5, 5.41) is 4.87. The Kier molecular flexibility index (Phi) is 12.8. The first-order chi connectivity index (χ1) is 25.8. The van der Waals surface area contributed by atoms with Gasteiger partial charge in [-0.05, 0) is 85.3 Å². The molecule has 0 unspecified atom stereocenters. The van der Waals surface area contributed by atoms with E-state index in [0.29, 0.717) is 0 Å². The lowest BCUT2D eigenvalue weighted by atomic mass is 9.95. The number of hydrogen-bond acceptors (Lipinski definition) is 2. The number of aryl methyl sites for hydroxylation is 2. The summed E-state index contributed by atoms with van der Waals surface area (Å²) in [4.78, 5) is 4.92. The Morgan fingerprint density at radius 2 is 0.654 bits per heavy atom. The highest BCUT2D eigenvalue weighted by Gasteiger charge is 2.25. The molecule has 0 spiro atoms. The van der Waals surface area contributed by atoms with Crippen molar-refractivity contribution in [3.8, 4) is 0 Å². The van der Waals surface area contributed by atoms with Gasteiger partial charge in [0.2, 0.25) is 0 Å². The maximum Gasteiger partial charge on any atom is 0.0619 e. The zero-order valence-electron chi connectivity index (χ0n) is 31.6. The molecule has 7 aromatic carbocycles. The van der Waals surface area contributed by atoms with Crippen LogP contribution in [0.4, 0.5) is 34.1 Å². The first kappa shape index (κ1) is 36.5. The van der Waals surface area contributed by atoms with E-state index in [1.165, 1.54) is 88.3 Å². The molecule has 0 aliphatic rings. The molecule has 0 aliphatic carbocycles. The first-order valence-electron chi connectivity index (χ1n) is 19.6. The molecule has 0 N–H and O–H groups in total. The SMILES string of the molecule is CC.CCCCCCc1ccc(N(c2ccccc2)c2c3ccccc3c(N(c3ccccc3)c3ccc(CCCC)cc3)c3ccccc23)cc1. The van der Waals surface area contributed by atoms with E-state index >= 15 is 0 Å². The lowest BCUT2D eigenvalue weighted by Crippen LogP contribution is -2.14. The van der Waals surface area contributed by atoms with Crippen molar-refractivity contribution in [1.82, 2.24) is 0 Å². The van der Waals surface area contributed by atoms with Gasteiger partial charge >= 0.3 is 0 Å². The fraction of sp³-hybridized carbons (Fsp3) is 0.240. The average molecular weight is 683 g/mol. The molecule has 0 heterocycles.